The molecular formula is C16H20N2O5S. The third-order valence-corrected chi connectivity index (χ3v) is 5.36. The fourth-order valence-electron chi connectivity index (χ4n) is 2.90. The number of carbonyl (C=O) groups is 2. The zero-order chi connectivity index (χ0) is 17.7. The molecular weight excluding hydrogens is 332 g/mol. The van der Waals surface area contributed by atoms with Gasteiger partial charge in [-0.2, -0.15) is 11.8 Å². The number of hydrogen-bond donors (Lipinski definition) is 2. The first-order valence-electron chi connectivity index (χ1n) is 7.87. The van der Waals surface area contributed by atoms with Crippen LogP contribution in [0.4, 0.5) is 5.69 Å². The molecule has 0 spiro atoms. The van der Waals surface area contributed by atoms with Crippen LogP contribution in [0.15, 0.2) is 18.2 Å². The minimum absolute atomic E-state index is 0.00346. The summed E-state index contributed by atoms with van der Waals surface area (Å²) in [6, 6.07) is 3.25. The Morgan fingerprint density at radius 3 is 2.58 bits per heavy atom. The highest BCUT2D eigenvalue weighted by Gasteiger charge is 2.27. The molecule has 1 saturated carbocycles. The highest BCUT2D eigenvalue weighted by atomic mass is 32.2. The third-order valence-electron chi connectivity index (χ3n) is 4.04. The van der Waals surface area contributed by atoms with Gasteiger partial charge >= 0.3 is 5.97 Å². The van der Waals surface area contributed by atoms with Crippen molar-refractivity contribution in [2.75, 3.05) is 5.75 Å². The maximum atomic E-state index is 12.5. The van der Waals surface area contributed by atoms with E-state index in [4.69, 9.17) is 5.11 Å². The average Bonchev–Trinajstić information content (AvgIpc) is 2.56. The second kappa shape index (κ2) is 8.14. The van der Waals surface area contributed by atoms with Gasteiger partial charge in [0.1, 0.15) is 0 Å². The van der Waals surface area contributed by atoms with Crippen LogP contribution in [0, 0.1) is 10.1 Å². The maximum Gasteiger partial charge on any atom is 0.335 e. The van der Waals surface area contributed by atoms with Gasteiger partial charge in [-0.25, -0.2) is 4.79 Å². The number of nitro groups is 1. The Labute approximate surface area is 144 Å². The summed E-state index contributed by atoms with van der Waals surface area (Å²) < 4.78 is 0. The van der Waals surface area contributed by atoms with Gasteiger partial charge in [-0.3, -0.25) is 14.9 Å². The van der Waals surface area contributed by atoms with E-state index < -0.39 is 22.5 Å². The standard InChI is InChI=1S/C16H20N2O5S/c1-2-24-14-6-4-3-5-13(14)17-15(19)10-7-11(16(20)21)9-12(8-10)18(22)23/h7-9,13-14H,2-6H2,1H3,(H,17,19)(H,20,21). The fraction of sp³-hybridized carbons (Fsp3) is 0.500. The van der Waals surface area contributed by atoms with Gasteiger partial charge < -0.3 is 10.4 Å². The van der Waals surface area contributed by atoms with E-state index >= 15 is 0 Å². The number of carboxylic acid groups (broad SMARTS) is 1. The van der Waals surface area contributed by atoms with Crippen molar-refractivity contribution in [1.29, 1.82) is 0 Å². The number of nitrogens with one attached hydrogen (secondary N) is 1. The van der Waals surface area contributed by atoms with E-state index in [9.17, 15) is 19.7 Å². The van der Waals surface area contributed by atoms with Gasteiger partial charge in [0.25, 0.3) is 11.6 Å². The van der Waals surface area contributed by atoms with Crippen molar-refractivity contribution in [3.63, 3.8) is 0 Å². The number of nitro benzene ring substituents is 1. The van der Waals surface area contributed by atoms with Crippen LogP contribution in [0.1, 0.15) is 53.3 Å². The predicted octanol–water partition coefficient (Wildman–Crippen LogP) is 3.09. The fourth-order valence-corrected chi connectivity index (χ4v) is 4.10. The number of aromatic carboxylic acids is 1. The first-order valence-corrected chi connectivity index (χ1v) is 8.92. The molecule has 8 heteroatoms. The van der Waals surface area contributed by atoms with E-state index in [-0.39, 0.29) is 17.2 Å². The summed E-state index contributed by atoms with van der Waals surface area (Å²) in [7, 11) is 0. The zero-order valence-corrected chi connectivity index (χ0v) is 14.2. The highest BCUT2D eigenvalue weighted by Crippen LogP contribution is 2.29. The maximum absolute atomic E-state index is 12.5. The normalized spacial score (nSPS) is 20.4. The number of carbonyl (C=O) groups excluding carboxylic acids is 1. The van der Waals surface area contributed by atoms with Gasteiger partial charge in [0.15, 0.2) is 0 Å². The number of rotatable bonds is 6. The van der Waals surface area contributed by atoms with E-state index in [1.807, 2.05) is 0 Å². The van der Waals surface area contributed by atoms with Gasteiger partial charge in [0.05, 0.1) is 10.5 Å². The average molecular weight is 352 g/mol. The molecule has 2 N–H and O–H groups in total. The first-order chi connectivity index (χ1) is 11.4. The monoisotopic (exact) mass is 352 g/mol. The van der Waals surface area contributed by atoms with Crippen LogP contribution in [0.5, 0.6) is 0 Å². The molecule has 1 aliphatic rings. The van der Waals surface area contributed by atoms with Crippen LogP contribution in [0.3, 0.4) is 0 Å². The number of carboxylic acids is 1. The number of benzene rings is 1. The Hall–Kier alpha value is -2.09. The number of thioether (sulfide) groups is 1. The molecule has 2 unspecified atom stereocenters. The molecule has 2 atom stereocenters. The van der Waals surface area contributed by atoms with Crippen molar-refractivity contribution in [2.24, 2.45) is 0 Å². The Balaban J connectivity index is 2.21. The van der Waals surface area contributed by atoms with Crippen molar-refractivity contribution in [3.8, 4) is 0 Å². The number of nitrogens with zero attached hydrogens (tertiary/aromatic N) is 1. The summed E-state index contributed by atoms with van der Waals surface area (Å²) in [4.78, 5) is 33.9. The van der Waals surface area contributed by atoms with Crippen molar-refractivity contribution in [2.45, 2.75) is 43.9 Å². The van der Waals surface area contributed by atoms with Gasteiger partial charge in [0, 0.05) is 29.0 Å². The molecule has 7 nitrogen and oxygen atoms in total. The number of amides is 1. The number of hydrogen-bond acceptors (Lipinski definition) is 5. The molecule has 0 heterocycles. The van der Waals surface area contributed by atoms with Crippen molar-refractivity contribution in [3.05, 3.63) is 39.4 Å². The molecule has 1 aromatic carbocycles. The Kier molecular flexibility index (Phi) is 6.19. The summed E-state index contributed by atoms with van der Waals surface area (Å²) in [6.07, 6.45) is 4.05. The largest absolute Gasteiger partial charge is 0.478 e. The van der Waals surface area contributed by atoms with Crippen LogP contribution < -0.4 is 5.32 Å². The Morgan fingerprint density at radius 2 is 1.96 bits per heavy atom. The lowest BCUT2D eigenvalue weighted by atomic mass is 9.94. The lowest BCUT2D eigenvalue weighted by Crippen LogP contribution is -2.43. The predicted molar refractivity (Wildman–Crippen MR) is 91.7 cm³/mol. The second-order valence-electron chi connectivity index (χ2n) is 5.69. The molecule has 0 saturated heterocycles. The van der Waals surface area contributed by atoms with Gasteiger partial charge in [-0.05, 0) is 24.7 Å². The SMILES string of the molecule is CCSC1CCCCC1NC(=O)c1cc(C(=O)O)cc([N+](=O)[O-])c1. The Bertz CT molecular complexity index is 615. The molecule has 2 rings (SSSR count). The molecule has 0 radical (unpaired) electrons. The van der Waals surface area contributed by atoms with Crippen LogP contribution >= 0.6 is 11.8 Å². The van der Waals surface area contributed by atoms with E-state index in [1.54, 1.807) is 11.8 Å². The molecule has 1 aromatic rings. The molecule has 0 aliphatic heterocycles. The van der Waals surface area contributed by atoms with E-state index in [1.165, 1.54) is 6.07 Å². The molecule has 0 aromatic heterocycles. The molecule has 1 aliphatic carbocycles. The number of non-ortho nitro benzene ring substituents is 1. The highest BCUT2D eigenvalue weighted by molar-refractivity contribution is 7.99. The molecule has 24 heavy (non-hydrogen) atoms. The topological polar surface area (TPSA) is 110 Å². The second-order valence-corrected chi connectivity index (χ2v) is 7.21. The minimum atomic E-state index is -1.30. The minimum Gasteiger partial charge on any atom is -0.478 e. The van der Waals surface area contributed by atoms with Crippen LogP contribution in [-0.4, -0.2) is 39.0 Å². The first kappa shape index (κ1) is 18.3. The summed E-state index contributed by atoms with van der Waals surface area (Å²) in [5.74, 6) is -0.809. The van der Waals surface area contributed by atoms with Crippen molar-refractivity contribution >= 4 is 29.3 Å². The summed E-state index contributed by atoms with van der Waals surface area (Å²) in [6.45, 7) is 2.07. The van der Waals surface area contributed by atoms with Gasteiger partial charge in [-0.15, -0.1) is 0 Å². The smallest absolute Gasteiger partial charge is 0.335 e. The molecule has 1 fully saturated rings. The molecule has 1 amide bonds. The van der Waals surface area contributed by atoms with Crippen molar-refractivity contribution < 1.29 is 19.6 Å². The molecule has 130 valence electrons. The van der Waals surface area contributed by atoms with Crippen molar-refractivity contribution in [1.82, 2.24) is 5.32 Å². The third kappa shape index (κ3) is 4.47. The Morgan fingerprint density at radius 1 is 1.29 bits per heavy atom. The summed E-state index contributed by atoms with van der Waals surface area (Å²) >= 11 is 1.80. The lowest BCUT2D eigenvalue weighted by molar-refractivity contribution is -0.384. The van der Waals surface area contributed by atoms with Crippen LogP contribution in [-0.2, 0) is 0 Å². The summed E-state index contributed by atoms with van der Waals surface area (Å²) in [5.41, 5.74) is -0.659. The zero-order valence-electron chi connectivity index (χ0n) is 13.4. The van der Waals surface area contributed by atoms with Gasteiger partial charge in [0.2, 0.25) is 0 Å². The van der Waals surface area contributed by atoms with Crippen LogP contribution in [0.25, 0.3) is 0 Å². The van der Waals surface area contributed by atoms with Gasteiger partial charge in [-0.1, -0.05) is 19.8 Å². The lowest BCUT2D eigenvalue weighted by Gasteiger charge is -2.31. The molecule has 0 bridgehead atoms. The summed E-state index contributed by atoms with van der Waals surface area (Å²) in [5, 5.41) is 23.3. The van der Waals surface area contributed by atoms with E-state index in [0.717, 1.165) is 43.6 Å². The van der Waals surface area contributed by atoms with E-state index in [2.05, 4.69) is 12.2 Å². The quantitative estimate of drug-likeness (QED) is 0.601. The van der Waals surface area contributed by atoms with Crippen LogP contribution in [0.2, 0.25) is 0 Å². The van der Waals surface area contributed by atoms with E-state index in [0.29, 0.717) is 5.25 Å².